The van der Waals surface area contributed by atoms with Crippen LogP contribution in [-0.4, -0.2) is 61.1 Å². The van der Waals surface area contributed by atoms with Gasteiger partial charge in [0.1, 0.15) is 6.61 Å². The van der Waals surface area contributed by atoms with Gasteiger partial charge in [0, 0.05) is 44.9 Å². The summed E-state index contributed by atoms with van der Waals surface area (Å²) in [6.07, 6.45) is 3.03. The Bertz CT molecular complexity index is 564. The number of pyridine rings is 1. The van der Waals surface area contributed by atoms with Crippen molar-refractivity contribution in [2.24, 2.45) is 4.99 Å². The molecular weight excluding hydrogens is 330 g/mol. The van der Waals surface area contributed by atoms with Crippen molar-refractivity contribution in [3.63, 3.8) is 0 Å². The highest BCUT2D eigenvalue weighted by Crippen LogP contribution is 2.11. The summed E-state index contributed by atoms with van der Waals surface area (Å²) in [6.45, 7) is 4.46. The van der Waals surface area contributed by atoms with Gasteiger partial charge in [-0.1, -0.05) is 18.5 Å². The zero-order valence-electron chi connectivity index (χ0n) is 14.1. The van der Waals surface area contributed by atoms with Crippen LogP contribution in [0.4, 0.5) is 0 Å². The smallest absolute Gasteiger partial charge is 0.222 e. The van der Waals surface area contributed by atoms with Crippen LogP contribution in [0.15, 0.2) is 23.3 Å². The van der Waals surface area contributed by atoms with Crippen molar-refractivity contribution in [3.05, 3.63) is 23.4 Å². The molecule has 0 saturated carbocycles. The highest BCUT2D eigenvalue weighted by Gasteiger charge is 2.25. The molecular formula is C16H24ClN5O2. The molecule has 1 atom stereocenters. The van der Waals surface area contributed by atoms with Gasteiger partial charge in [-0.2, -0.15) is 0 Å². The van der Waals surface area contributed by atoms with Gasteiger partial charge in [-0.3, -0.25) is 9.79 Å². The second-order valence-corrected chi connectivity index (χ2v) is 5.92. The Morgan fingerprint density at radius 3 is 3.04 bits per heavy atom. The van der Waals surface area contributed by atoms with Crippen LogP contribution >= 0.6 is 11.6 Å². The van der Waals surface area contributed by atoms with Crippen LogP contribution in [0.5, 0.6) is 5.88 Å². The average Bonchev–Trinajstić information content (AvgIpc) is 3.07. The van der Waals surface area contributed by atoms with Crippen LogP contribution in [0.3, 0.4) is 0 Å². The van der Waals surface area contributed by atoms with E-state index in [1.807, 2.05) is 11.8 Å². The number of aliphatic imine (C=N–C) groups is 1. The van der Waals surface area contributed by atoms with Crippen molar-refractivity contribution < 1.29 is 9.53 Å². The minimum Gasteiger partial charge on any atom is -0.476 e. The third kappa shape index (κ3) is 5.56. The molecule has 0 aromatic carbocycles. The second kappa shape index (κ2) is 9.32. The fourth-order valence-electron chi connectivity index (χ4n) is 2.49. The van der Waals surface area contributed by atoms with Crippen LogP contribution in [-0.2, 0) is 4.79 Å². The van der Waals surface area contributed by atoms with Gasteiger partial charge in [-0.15, -0.1) is 0 Å². The molecule has 1 aromatic heterocycles. The Labute approximate surface area is 147 Å². The Morgan fingerprint density at radius 2 is 2.38 bits per heavy atom. The molecule has 1 aromatic rings. The topological polar surface area (TPSA) is 78.9 Å². The van der Waals surface area contributed by atoms with E-state index in [0.717, 1.165) is 19.5 Å². The molecule has 1 fully saturated rings. The van der Waals surface area contributed by atoms with Gasteiger partial charge in [0.2, 0.25) is 11.8 Å². The van der Waals surface area contributed by atoms with Crippen LogP contribution in [0.2, 0.25) is 5.02 Å². The van der Waals surface area contributed by atoms with Crippen LogP contribution < -0.4 is 15.4 Å². The first-order chi connectivity index (χ1) is 11.6. The van der Waals surface area contributed by atoms with E-state index in [4.69, 9.17) is 16.3 Å². The lowest BCUT2D eigenvalue weighted by molar-refractivity contribution is -0.129. The zero-order chi connectivity index (χ0) is 17.4. The van der Waals surface area contributed by atoms with E-state index in [1.165, 1.54) is 0 Å². The monoisotopic (exact) mass is 353 g/mol. The summed E-state index contributed by atoms with van der Waals surface area (Å²) in [5.41, 5.74) is 0. The van der Waals surface area contributed by atoms with Crippen molar-refractivity contribution in [2.45, 2.75) is 25.8 Å². The zero-order valence-corrected chi connectivity index (χ0v) is 14.8. The molecule has 1 aliphatic rings. The molecule has 132 valence electrons. The van der Waals surface area contributed by atoms with E-state index in [9.17, 15) is 4.79 Å². The first-order valence-electron chi connectivity index (χ1n) is 8.11. The van der Waals surface area contributed by atoms with Gasteiger partial charge in [0.15, 0.2) is 5.96 Å². The van der Waals surface area contributed by atoms with E-state index in [2.05, 4.69) is 20.6 Å². The number of nitrogens with one attached hydrogen (secondary N) is 2. The summed E-state index contributed by atoms with van der Waals surface area (Å²) < 4.78 is 5.52. The quantitative estimate of drug-likeness (QED) is 0.457. The van der Waals surface area contributed by atoms with E-state index in [0.29, 0.717) is 36.4 Å². The number of aromatic nitrogens is 1. The molecule has 2 heterocycles. The molecule has 24 heavy (non-hydrogen) atoms. The second-order valence-electron chi connectivity index (χ2n) is 5.49. The Morgan fingerprint density at radius 1 is 1.54 bits per heavy atom. The normalized spacial score (nSPS) is 17.7. The molecule has 2 rings (SSSR count). The molecule has 0 spiro atoms. The van der Waals surface area contributed by atoms with Crippen molar-refractivity contribution in [1.82, 2.24) is 20.5 Å². The van der Waals surface area contributed by atoms with Gasteiger partial charge < -0.3 is 20.3 Å². The van der Waals surface area contributed by atoms with Crippen molar-refractivity contribution in [3.8, 4) is 5.88 Å². The van der Waals surface area contributed by atoms with Gasteiger partial charge in [0.25, 0.3) is 0 Å². The van der Waals surface area contributed by atoms with Crippen LogP contribution in [0.25, 0.3) is 0 Å². The van der Waals surface area contributed by atoms with E-state index in [1.54, 1.807) is 25.4 Å². The summed E-state index contributed by atoms with van der Waals surface area (Å²) in [6, 6.07) is 3.69. The number of carbonyl (C=O) groups is 1. The van der Waals surface area contributed by atoms with Gasteiger partial charge in [0.05, 0.1) is 11.6 Å². The highest BCUT2D eigenvalue weighted by atomic mass is 35.5. The SMILES string of the molecule is CCC(=O)N1CCC(NC(=NC)NCCOc2ccc(Cl)cn2)C1. The van der Waals surface area contributed by atoms with Crippen LogP contribution in [0.1, 0.15) is 19.8 Å². The molecule has 0 aliphatic carbocycles. The number of nitrogens with zero attached hydrogens (tertiary/aromatic N) is 3. The van der Waals surface area contributed by atoms with Crippen LogP contribution in [0, 0.1) is 0 Å². The molecule has 7 nitrogen and oxygen atoms in total. The van der Waals surface area contributed by atoms with Gasteiger partial charge in [-0.25, -0.2) is 4.98 Å². The maximum Gasteiger partial charge on any atom is 0.222 e. The number of halogens is 1. The third-order valence-electron chi connectivity index (χ3n) is 3.75. The molecule has 0 bridgehead atoms. The largest absolute Gasteiger partial charge is 0.476 e. The van der Waals surface area contributed by atoms with Gasteiger partial charge >= 0.3 is 0 Å². The third-order valence-corrected chi connectivity index (χ3v) is 3.98. The lowest BCUT2D eigenvalue weighted by Gasteiger charge is -2.18. The Kier molecular flexibility index (Phi) is 7.11. The summed E-state index contributed by atoms with van der Waals surface area (Å²) in [4.78, 5) is 21.9. The minimum atomic E-state index is 0.200. The molecule has 1 amide bonds. The summed E-state index contributed by atoms with van der Waals surface area (Å²) in [5.74, 6) is 1.44. The summed E-state index contributed by atoms with van der Waals surface area (Å²) >= 11 is 5.77. The first kappa shape index (κ1) is 18.3. The molecule has 0 radical (unpaired) electrons. The molecule has 8 heteroatoms. The number of hydrogen-bond donors (Lipinski definition) is 2. The number of likely N-dealkylation sites (tertiary alicyclic amines) is 1. The Balaban J connectivity index is 1.67. The predicted octanol–water partition coefficient (Wildman–Crippen LogP) is 1.29. The van der Waals surface area contributed by atoms with E-state index in [-0.39, 0.29) is 11.9 Å². The lowest BCUT2D eigenvalue weighted by Crippen LogP contribution is -2.46. The molecule has 1 unspecified atom stereocenters. The van der Waals surface area contributed by atoms with Gasteiger partial charge in [-0.05, 0) is 12.5 Å². The Hall–Kier alpha value is -2.02. The number of ether oxygens (including phenoxy) is 1. The average molecular weight is 354 g/mol. The number of hydrogen-bond acceptors (Lipinski definition) is 4. The maximum atomic E-state index is 11.7. The summed E-state index contributed by atoms with van der Waals surface area (Å²) in [7, 11) is 1.72. The molecule has 1 aliphatic heterocycles. The highest BCUT2D eigenvalue weighted by molar-refractivity contribution is 6.30. The minimum absolute atomic E-state index is 0.200. The van der Waals surface area contributed by atoms with Crippen molar-refractivity contribution >= 4 is 23.5 Å². The van der Waals surface area contributed by atoms with E-state index >= 15 is 0 Å². The first-order valence-corrected chi connectivity index (χ1v) is 8.49. The van der Waals surface area contributed by atoms with Crippen molar-refractivity contribution in [1.29, 1.82) is 0 Å². The fraction of sp³-hybridized carbons (Fsp3) is 0.562. The standard InChI is InChI=1S/C16H24ClN5O2/c1-3-15(23)22-8-6-13(11-22)21-16(18-2)19-7-9-24-14-5-4-12(17)10-20-14/h4-5,10,13H,3,6-9,11H2,1-2H3,(H2,18,19,21). The lowest BCUT2D eigenvalue weighted by atomic mass is 10.3. The predicted molar refractivity (Wildman–Crippen MR) is 94.5 cm³/mol. The maximum absolute atomic E-state index is 11.7. The van der Waals surface area contributed by atoms with E-state index < -0.39 is 0 Å². The number of guanidine groups is 1. The summed E-state index contributed by atoms with van der Waals surface area (Å²) in [5, 5.41) is 7.11. The van der Waals surface area contributed by atoms with Crippen molar-refractivity contribution in [2.75, 3.05) is 33.3 Å². The molecule has 2 N–H and O–H groups in total. The fourth-order valence-corrected chi connectivity index (χ4v) is 2.60. The number of carbonyl (C=O) groups excluding carboxylic acids is 1. The molecule has 1 saturated heterocycles. The number of rotatable bonds is 6. The number of amides is 1.